The van der Waals surface area contributed by atoms with E-state index in [1.807, 2.05) is 37.4 Å². The first-order valence-electron chi connectivity index (χ1n) is 16.5. The van der Waals surface area contributed by atoms with Crippen LogP contribution in [-0.4, -0.2) is 56.5 Å². The summed E-state index contributed by atoms with van der Waals surface area (Å²) in [5.41, 5.74) is 5.85. The normalized spacial score (nSPS) is 17.1. The highest BCUT2D eigenvalue weighted by Gasteiger charge is 2.50. The van der Waals surface area contributed by atoms with E-state index in [2.05, 4.69) is 15.6 Å². The first-order chi connectivity index (χ1) is 24.0. The summed E-state index contributed by atoms with van der Waals surface area (Å²) in [6.45, 7) is 2.80. The molecular formula is C37H37Cl2N5O6. The van der Waals surface area contributed by atoms with E-state index in [1.54, 1.807) is 34.8 Å². The fourth-order valence-corrected chi connectivity index (χ4v) is 7.51. The Hall–Kier alpha value is -4.58. The first kappa shape index (κ1) is 33.9. The van der Waals surface area contributed by atoms with Crippen LogP contribution in [-0.2, 0) is 42.6 Å². The monoisotopic (exact) mass is 717 g/mol. The Labute approximate surface area is 299 Å². The molecule has 50 heavy (non-hydrogen) atoms. The van der Waals surface area contributed by atoms with Gasteiger partial charge in [0.05, 0.1) is 35.1 Å². The van der Waals surface area contributed by atoms with E-state index in [-0.39, 0.29) is 23.7 Å². The number of nitrogens with zero attached hydrogens (tertiary/aromatic N) is 3. The number of amides is 2. The van der Waals surface area contributed by atoms with E-state index in [0.29, 0.717) is 72.5 Å². The Morgan fingerprint density at radius 3 is 2.54 bits per heavy atom. The molecule has 1 aliphatic heterocycles. The number of ether oxygens (including phenoxy) is 2. The number of carbonyl (C=O) groups is 3. The summed E-state index contributed by atoms with van der Waals surface area (Å²) in [6, 6.07) is 15.1. The zero-order chi connectivity index (χ0) is 35.3. The predicted molar refractivity (Wildman–Crippen MR) is 189 cm³/mol. The van der Waals surface area contributed by atoms with Gasteiger partial charge in [0.1, 0.15) is 23.1 Å². The topological polar surface area (TPSA) is 135 Å². The van der Waals surface area contributed by atoms with E-state index in [4.69, 9.17) is 32.7 Å². The zero-order valence-corrected chi connectivity index (χ0v) is 29.5. The molecule has 1 fully saturated rings. The molecule has 3 aromatic carbocycles. The van der Waals surface area contributed by atoms with Crippen molar-refractivity contribution in [3.63, 3.8) is 0 Å². The molecule has 0 radical (unpaired) electrons. The molecule has 0 bridgehead atoms. The van der Waals surface area contributed by atoms with Gasteiger partial charge in [-0.3, -0.25) is 19.7 Å². The fraction of sp³-hybridized carbons (Fsp3) is 0.351. The molecule has 1 aromatic heterocycles. The number of aliphatic carboxylic acids is 1. The Balaban J connectivity index is 1.10. The van der Waals surface area contributed by atoms with Gasteiger partial charge in [0, 0.05) is 56.4 Å². The molecule has 2 aliphatic carbocycles. The van der Waals surface area contributed by atoms with Crippen molar-refractivity contribution in [2.75, 3.05) is 19.0 Å². The van der Waals surface area contributed by atoms with E-state index in [9.17, 15) is 19.5 Å². The number of aromatic nitrogens is 2. The summed E-state index contributed by atoms with van der Waals surface area (Å²) in [6.07, 6.45) is 2.99. The van der Waals surface area contributed by atoms with Crippen molar-refractivity contribution in [3.8, 4) is 22.6 Å². The maximum absolute atomic E-state index is 13.5. The SMILES string of the molecule is COc1cc(OC2CCc3c(-c4cccc(NC(=O)c5nc6c(n5C)CCN(C(C)=O)C6)c4Cl)cccc32)c(Cl)cc1CNC1(C(=O)O)CC1. The molecule has 260 valence electrons. The largest absolute Gasteiger partial charge is 0.496 e. The number of methoxy groups -OCH3 is 1. The lowest BCUT2D eigenvalue weighted by Gasteiger charge is -2.25. The summed E-state index contributed by atoms with van der Waals surface area (Å²) < 4.78 is 13.9. The fourth-order valence-electron chi connectivity index (χ4n) is 7.01. The van der Waals surface area contributed by atoms with Crippen LogP contribution in [0.15, 0.2) is 48.5 Å². The van der Waals surface area contributed by atoms with Crippen molar-refractivity contribution >= 4 is 46.7 Å². The molecule has 2 heterocycles. The Bertz CT molecular complexity index is 2040. The Kier molecular flexibility index (Phi) is 9.00. The predicted octanol–water partition coefficient (Wildman–Crippen LogP) is 6.33. The number of carboxylic acids is 1. The maximum atomic E-state index is 13.5. The molecule has 3 N–H and O–H groups in total. The van der Waals surface area contributed by atoms with Gasteiger partial charge in [0.15, 0.2) is 5.82 Å². The summed E-state index contributed by atoms with van der Waals surface area (Å²) in [7, 11) is 3.37. The average molecular weight is 719 g/mol. The molecule has 11 nitrogen and oxygen atoms in total. The number of anilines is 1. The number of halogens is 2. The highest BCUT2D eigenvalue weighted by atomic mass is 35.5. The third-order valence-electron chi connectivity index (χ3n) is 10.0. The summed E-state index contributed by atoms with van der Waals surface area (Å²) in [5.74, 6) is 0.0296. The van der Waals surface area contributed by atoms with E-state index in [1.165, 1.54) is 6.92 Å². The highest BCUT2D eigenvalue weighted by Crippen LogP contribution is 2.45. The number of carbonyl (C=O) groups excluding carboxylic acids is 2. The van der Waals surface area contributed by atoms with Gasteiger partial charge in [-0.15, -0.1) is 0 Å². The standard InChI is InChI=1S/C37H37Cl2N5O6/c1-20(45)44-15-12-29-28(19-44)41-34(43(29)2)35(46)42-27-9-5-8-25(33(27)39)22-6-4-7-24-23(22)10-11-30(24)50-32-17-31(49-3)21(16-26(32)38)18-40-37(13-14-37)36(47)48/h4-9,16-17,30,40H,10-15,18-19H2,1-3H3,(H,42,46)(H,47,48). The molecule has 1 saturated carbocycles. The minimum atomic E-state index is -0.884. The molecule has 1 unspecified atom stereocenters. The molecule has 1 atom stereocenters. The molecule has 0 saturated heterocycles. The first-order valence-corrected chi connectivity index (χ1v) is 17.3. The number of carboxylic acid groups (broad SMARTS) is 1. The van der Waals surface area contributed by atoms with E-state index < -0.39 is 11.5 Å². The number of nitrogens with one attached hydrogen (secondary N) is 2. The van der Waals surface area contributed by atoms with Crippen molar-refractivity contribution in [2.24, 2.45) is 7.05 Å². The van der Waals surface area contributed by atoms with Crippen LogP contribution in [0, 0.1) is 0 Å². The minimum absolute atomic E-state index is 0.0190. The van der Waals surface area contributed by atoms with Crippen LogP contribution in [0.4, 0.5) is 5.69 Å². The molecule has 0 spiro atoms. The third-order valence-corrected chi connectivity index (χ3v) is 10.7. The minimum Gasteiger partial charge on any atom is -0.496 e. The second-order valence-corrected chi connectivity index (χ2v) is 13.8. The maximum Gasteiger partial charge on any atom is 0.323 e. The smallest absolute Gasteiger partial charge is 0.323 e. The van der Waals surface area contributed by atoms with Crippen molar-refractivity contribution in [1.29, 1.82) is 0 Å². The van der Waals surface area contributed by atoms with Crippen LogP contribution >= 0.6 is 23.2 Å². The summed E-state index contributed by atoms with van der Waals surface area (Å²) in [5, 5.41) is 16.4. The molecular weight excluding hydrogens is 681 g/mol. The van der Waals surface area contributed by atoms with Crippen LogP contribution in [0.1, 0.15) is 71.0 Å². The van der Waals surface area contributed by atoms with Crippen molar-refractivity contribution in [2.45, 2.75) is 63.8 Å². The average Bonchev–Trinajstić information content (AvgIpc) is 3.69. The van der Waals surface area contributed by atoms with Gasteiger partial charge >= 0.3 is 5.97 Å². The van der Waals surface area contributed by atoms with Crippen molar-refractivity contribution in [1.82, 2.24) is 19.8 Å². The quantitative estimate of drug-likeness (QED) is 0.173. The van der Waals surface area contributed by atoms with Crippen LogP contribution in [0.5, 0.6) is 11.5 Å². The number of fused-ring (bicyclic) bond motifs is 2. The zero-order valence-electron chi connectivity index (χ0n) is 27.9. The van der Waals surface area contributed by atoms with Crippen LogP contribution < -0.4 is 20.1 Å². The third kappa shape index (κ3) is 6.18. The van der Waals surface area contributed by atoms with E-state index >= 15 is 0 Å². The van der Waals surface area contributed by atoms with Gasteiger partial charge in [0.2, 0.25) is 5.91 Å². The summed E-state index contributed by atoms with van der Waals surface area (Å²) >= 11 is 13.7. The van der Waals surface area contributed by atoms with Crippen LogP contribution in [0.25, 0.3) is 11.1 Å². The Morgan fingerprint density at radius 2 is 1.82 bits per heavy atom. The van der Waals surface area contributed by atoms with Gasteiger partial charge in [0.25, 0.3) is 5.91 Å². The number of benzene rings is 3. The van der Waals surface area contributed by atoms with Crippen LogP contribution in [0.3, 0.4) is 0 Å². The highest BCUT2D eigenvalue weighted by molar-refractivity contribution is 6.36. The lowest BCUT2D eigenvalue weighted by atomic mass is 9.96. The van der Waals surface area contributed by atoms with Crippen molar-refractivity contribution in [3.05, 3.63) is 92.5 Å². The van der Waals surface area contributed by atoms with Gasteiger partial charge in [-0.2, -0.15) is 0 Å². The van der Waals surface area contributed by atoms with Gasteiger partial charge in [-0.25, -0.2) is 4.98 Å². The van der Waals surface area contributed by atoms with E-state index in [0.717, 1.165) is 45.6 Å². The number of hydrogen-bond donors (Lipinski definition) is 3. The summed E-state index contributed by atoms with van der Waals surface area (Å²) in [4.78, 5) is 43.3. The number of hydrogen-bond acceptors (Lipinski definition) is 7. The molecule has 2 amide bonds. The number of imidazole rings is 1. The van der Waals surface area contributed by atoms with Crippen molar-refractivity contribution < 1.29 is 29.0 Å². The van der Waals surface area contributed by atoms with Gasteiger partial charge in [-0.1, -0.05) is 53.5 Å². The molecule has 13 heteroatoms. The van der Waals surface area contributed by atoms with Crippen LogP contribution in [0.2, 0.25) is 10.0 Å². The second-order valence-electron chi connectivity index (χ2n) is 13.1. The lowest BCUT2D eigenvalue weighted by molar-refractivity contribution is -0.140. The molecule has 3 aliphatic rings. The van der Waals surface area contributed by atoms with Gasteiger partial charge in [-0.05, 0) is 54.5 Å². The molecule has 4 aromatic rings. The number of rotatable bonds is 10. The lowest BCUT2D eigenvalue weighted by Crippen LogP contribution is -2.38. The molecule has 7 rings (SSSR count). The second kappa shape index (κ2) is 13.3. The van der Waals surface area contributed by atoms with Gasteiger partial charge < -0.3 is 29.4 Å². The Morgan fingerprint density at radius 1 is 1.06 bits per heavy atom.